The lowest BCUT2D eigenvalue weighted by molar-refractivity contribution is 0.122. The number of anilines is 2. The normalized spacial score (nSPS) is 25.6. The second-order valence-electron chi connectivity index (χ2n) is 5.39. The van der Waals surface area contributed by atoms with E-state index < -0.39 is 9.84 Å². The van der Waals surface area contributed by atoms with Gasteiger partial charge in [0.05, 0.1) is 24.7 Å². The van der Waals surface area contributed by atoms with Gasteiger partial charge in [-0.3, -0.25) is 0 Å². The molecule has 0 spiro atoms. The van der Waals surface area contributed by atoms with Gasteiger partial charge in [-0.15, -0.1) is 0 Å². The molecule has 0 amide bonds. The molecule has 0 saturated carbocycles. The standard InChI is InChI=1S/C14H20N2O3S/c17-20(18)10-5-13(11-20)15-12-1-3-14(4-2-12)16-6-8-19-9-7-16/h1-4,13,15H,5-11H2. The highest BCUT2D eigenvalue weighted by Gasteiger charge is 2.27. The van der Waals surface area contributed by atoms with Gasteiger partial charge < -0.3 is 15.0 Å². The van der Waals surface area contributed by atoms with Crippen LogP contribution in [0.2, 0.25) is 0 Å². The highest BCUT2D eigenvalue weighted by atomic mass is 32.2. The number of nitrogens with one attached hydrogen (secondary N) is 1. The maximum Gasteiger partial charge on any atom is 0.152 e. The lowest BCUT2D eigenvalue weighted by Gasteiger charge is -2.29. The maximum atomic E-state index is 11.4. The zero-order valence-electron chi connectivity index (χ0n) is 11.4. The average molecular weight is 296 g/mol. The van der Waals surface area contributed by atoms with E-state index in [1.807, 2.05) is 12.1 Å². The molecule has 1 aromatic carbocycles. The van der Waals surface area contributed by atoms with E-state index in [4.69, 9.17) is 4.74 Å². The van der Waals surface area contributed by atoms with E-state index in [0.29, 0.717) is 12.2 Å². The summed E-state index contributed by atoms with van der Waals surface area (Å²) < 4.78 is 28.2. The van der Waals surface area contributed by atoms with Gasteiger partial charge in [0.25, 0.3) is 0 Å². The fourth-order valence-corrected chi connectivity index (χ4v) is 4.41. The molecule has 0 radical (unpaired) electrons. The predicted molar refractivity (Wildman–Crippen MR) is 80.2 cm³/mol. The van der Waals surface area contributed by atoms with Gasteiger partial charge in [-0.1, -0.05) is 0 Å². The molecule has 110 valence electrons. The van der Waals surface area contributed by atoms with Crippen molar-refractivity contribution in [3.63, 3.8) is 0 Å². The molecule has 2 aliphatic rings. The van der Waals surface area contributed by atoms with E-state index in [0.717, 1.165) is 32.0 Å². The average Bonchev–Trinajstić information content (AvgIpc) is 2.80. The van der Waals surface area contributed by atoms with Crippen molar-refractivity contribution in [2.24, 2.45) is 0 Å². The summed E-state index contributed by atoms with van der Waals surface area (Å²) in [5, 5.41) is 3.30. The van der Waals surface area contributed by atoms with E-state index in [1.54, 1.807) is 0 Å². The predicted octanol–water partition coefficient (Wildman–Crippen LogP) is 1.12. The first-order valence-electron chi connectivity index (χ1n) is 7.02. The Morgan fingerprint density at radius 1 is 1.15 bits per heavy atom. The molecular weight excluding hydrogens is 276 g/mol. The van der Waals surface area contributed by atoms with Gasteiger partial charge in [-0.05, 0) is 30.7 Å². The molecule has 1 atom stereocenters. The first-order chi connectivity index (χ1) is 9.62. The van der Waals surface area contributed by atoms with Gasteiger partial charge in [0, 0.05) is 30.5 Å². The fraction of sp³-hybridized carbons (Fsp3) is 0.571. The topological polar surface area (TPSA) is 58.6 Å². The lowest BCUT2D eigenvalue weighted by atomic mass is 10.2. The number of sulfone groups is 1. The third-order valence-electron chi connectivity index (χ3n) is 3.85. The van der Waals surface area contributed by atoms with Crippen LogP contribution in [0.5, 0.6) is 0 Å². The first-order valence-corrected chi connectivity index (χ1v) is 8.84. The van der Waals surface area contributed by atoms with Crippen molar-refractivity contribution in [2.75, 3.05) is 48.0 Å². The summed E-state index contributed by atoms with van der Waals surface area (Å²) >= 11 is 0. The smallest absolute Gasteiger partial charge is 0.152 e. The zero-order valence-corrected chi connectivity index (χ0v) is 12.2. The molecule has 0 aliphatic carbocycles. The molecular formula is C14H20N2O3S. The van der Waals surface area contributed by atoms with E-state index in [9.17, 15) is 8.42 Å². The molecule has 1 unspecified atom stereocenters. The van der Waals surface area contributed by atoms with Crippen LogP contribution in [0.25, 0.3) is 0 Å². The fourth-order valence-electron chi connectivity index (χ4n) is 2.73. The number of hydrogen-bond donors (Lipinski definition) is 1. The minimum Gasteiger partial charge on any atom is -0.381 e. The van der Waals surface area contributed by atoms with E-state index >= 15 is 0 Å². The molecule has 2 saturated heterocycles. The summed E-state index contributed by atoms with van der Waals surface area (Å²) in [5.41, 5.74) is 2.18. The Morgan fingerprint density at radius 2 is 1.85 bits per heavy atom. The second-order valence-corrected chi connectivity index (χ2v) is 7.62. The van der Waals surface area contributed by atoms with Crippen LogP contribution in [-0.4, -0.2) is 52.3 Å². The number of rotatable bonds is 3. The van der Waals surface area contributed by atoms with Crippen LogP contribution >= 0.6 is 0 Å². The van der Waals surface area contributed by atoms with Gasteiger partial charge in [0.15, 0.2) is 9.84 Å². The molecule has 2 fully saturated rings. The molecule has 1 N–H and O–H groups in total. The minimum atomic E-state index is -2.83. The summed E-state index contributed by atoms with van der Waals surface area (Å²) in [4.78, 5) is 2.30. The van der Waals surface area contributed by atoms with E-state index in [-0.39, 0.29) is 11.8 Å². The molecule has 2 aliphatic heterocycles. The molecule has 0 aromatic heterocycles. The SMILES string of the molecule is O=S1(=O)CCC(Nc2ccc(N3CCOCC3)cc2)C1. The van der Waals surface area contributed by atoms with Crippen molar-refractivity contribution < 1.29 is 13.2 Å². The molecule has 1 aromatic rings. The summed E-state index contributed by atoms with van der Waals surface area (Å²) in [7, 11) is -2.83. The van der Waals surface area contributed by atoms with Crippen LogP contribution in [0.15, 0.2) is 24.3 Å². The second kappa shape index (κ2) is 5.61. The monoisotopic (exact) mass is 296 g/mol. The Labute approximate surface area is 119 Å². The Balaban J connectivity index is 1.61. The van der Waals surface area contributed by atoms with Crippen molar-refractivity contribution in [1.82, 2.24) is 0 Å². The lowest BCUT2D eigenvalue weighted by Crippen LogP contribution is -2.36. The number of hydrogen-bond acceptors (Lipinski definition) is 5. The van der Waals surface area contributed by atoms with Crippen molar-refractivity contribution in [1.29, 1.82) is 0 Å². The van der Waals surface area contributed by atoms with Crippen LogP contribution < -0.4 is 10.2 Å². The molecule has 2 heterocycles. The Bertz CT molecular complexity index is 550. The van der Waals surface area contributed by atoms with E-state index in [1.165, 1.54) is 5.69 Å². The number of nitrogens with zero attached hydrogens (tertiary/aromatic N) is 1. The third kappa shape index (κ3) is 3.24. The van der Waals surface area contributed by atoms with Crippen LogP contribution in [0, 0.1) is 0 Å². The quantitative estimate of drug-likeness (QED) is 0.906. The zero-order chi connectivity index (χ0) is 14.0. The van der Waals surface area contributed by atoms with Crippen LogP contribution in [0.3, 0.4) is 0 Å². The minimum absolute atomic E-state index is 0.0502. The summed E-state index contributed by atoms with van der Waals surface area (Å²) in [6, 6.07) is 8.26. The molecule has 5 nitrogen and oxygen atoms in total. The first kappa shape index (κ1) is 13.7. The van der Waals surface area contributed by atoms with Gasteiger partial charge in [-0.25, -0.2) is 8.42 Å². The summed E-state index contributed by atoms with van der Waals surface area (Å²) in [5.74, 6) is 0.550. The van der Waals surface area contributed by atoms with Gasteiger partial charge in [0.2, 0.25) is 0 Å². The van der Waals surface area contributed by atoms with Crippen LogP contribution in [0.4, 0.5) is 11.4 Å². The maximum absolute atomic E-state index is 11.4. The summed E-state index contributed by atoms with van der Waals surface area (Å²) in [6.07, 6.45) is 0.702. The highest BCUT2D eigenvalue weighted by molar-refractivity contribution is 7.91. The van der Waals surface area contributed by atoms with Gasteiger partial charge in [0.1, 0.15) is 0 Å². The Hall–Kier alpha value is -1.27. The molecule has 0 bridgehead atoms. The van der Waals surface area contributed by atoms with Crippen LogP contribution in [0.1, 0.15) is 6.42 Å². The molecule has 6 heteroatoms. The van der Waals surface area contributed by atoms with Crippen molar-refractivity contribution in [3.05, 3.63) is 24.3 Å². The Morgan fingerprint density at radius 3 is 2.45 bits per heavy atom. The number of benzene rings is 1. The van der Waals surface area contributed by atoms with Crippen molar-refractivity contribution >= 4 is 21.2 Å². The van der Waals surface area contributed by atoms with Crippen molar-refractivity contribution in [2.45, 2.75) is 12.5 Å². The van der Waals surface area contributed by atoms with Gasteiger partial charge >= 0.3 is 0 Å². The summed E-state index contributed by atoms with van der Waals surface area (Å²) in [6.45, 7) is 3.40. The van der Waals surface area contributed by atoms with Crippen LogP contribution in [-0.2, 0) is 14.6 Å². The largest absolute Gasteiger partial charge is 0.381 e. The number of morpholine rings is 1. The van der Waals surface area contributed by atoms with E-state index in [2.05, 4.69) is 22.3 Å². The molecule has 3 rings (SSSR count). The highest BCUT2D eigenvalue weighted by Crippen LogP contribution is 2.21. The Kier molecular flexibility index (Phi) is 3.85. The third-order valence-corrected chi connectivity index (χ3v) is 5.61. The van der Waals surface area contributed by atoms with Crippen molar-refractivity contribution in [3.8, 4) is 0 Å². The molecule has 20 heavy (non-hydrogen) atoms. The van der Waals surface area contributed by atoms with Gasteiger partial charge in [-0.2, -0.15) is 0 Å². The number of ether oxygens (including phenoxy) is 1.